The average Bonchev–Trinajstić information content (AvgIpc) is 3.12. The summed E-state index contributed by atoms with van der Waals surface area (Å²) >= 11 is 0. The molecule has 3 aromatic rings. The zero-order valence-electron chi connectivity index (χ0n) is 13.7. The number of amides is 1. The average molecular weight is 361 g/mol. The van der Waals surface area contributed by atoms with Gasteiger partial charge in [0.15, 0.2) is 9.84 Å². The monoisotopic (exact) mass is 361 g/mol. The van der Waals surface area contributed by atoms with Crippen LogP contribution in [0.15, 0.2) is 39.6 Å². The highest BCUT2D eigenvalue weighted by Crippen LogP contribution is 2.21. The molecule has 1 amide bonds. The molecule has 130 valence electrons. The highest BCUT2D eigenvalue weighted by molar-refractivity contribution is 7.90. The van der Waals surface area contributed by atoms with E-state index < -0.39 is 15.7 Å². The summed E-state index contributed by atoms with van der Waals surface area (Å²) in [6.07, 6.45) is 1.04. The van der Waals surface area contributed by atoms with Crippen molar-refractivity contribution in [2.75, 3.05) is 11.6 Å². The number of hydrogen-bond donors (Lipinski definition) is 1. The van der Waals surface area contributed by atoms with Crippen molar-refractivity contribution in [1.29, 1.82) is 0 Å². The molecule has 0 spiro atoms. The Labute approximate surface area is 143 Å². The summed E-state index contributed by atoms with van der Waals surface area (Å²) in [6.45, 7) is 1.82. The molecular formula is C15H15N5O4S. The fourth-order valence-electron chi connectivity index (χ4n) is 2.33. The van der Waals surface area contributed by atoms with E-state index in [1.165, 1.54) is 12.1 Å². The molecule has 1 N–H and O–H groups in total. The van der Waals surface area contributed by atoms with Crippen LogP contribution in [0.4, 0.5) is 6.01 Å². The van der Waals surface area contributed by atoms with Crippen molar-refractivity contribution in [1.82, 2.24) is 20.0 Å². The molecule has 0 aliphatic rings. The second-order valence-corrected chi connectivity index (χ2v) is 7.41. The molecule has 0 bridgehead atoms. The lowest BCUT2D eigenvalue weighted by atomic mass is 10.2. The Morgan fingerprint density at radius 2 is 1.96 bits per heavy atom. The van der Waals surface area contributed by atoms with E-state index in [1.807, 2.05) is 6.92 Å². The van der Waals surface area contributed by atoms with Gasteiger partial charge in [0.05, 0.1) is 16.2 Å². The summed E-state index contributed by atoms with van der Waals surface area (Å²) in [5.74, 6) is -0.466. The number of sulfone groups is 1. The molecule has 0 aliphatic heterocycles. The Morgan fingerprint density at radius 3 is 2.60 bits per heavy atom. The van der Waals surface area contributed by atoms with Gasteiger partial charge in [-0.05, 0) is 25.1 Å². The lowest BCUT2D eigenvalue weighted by Gasteiger charge is -2.06. The Kier molecular flexibility index (Phi) is 4.13. The normalized spacial score (nSPS) is 11.5. The summed E-state index contributed by atoms with van der Waals surface area (Å²) in [7, 11) is -1.82. The first-order valence-corrected chi connectivity index (χ1v) is 9.10. The van der Waals surface area contributed by atoms with Gasteiger partial charge in [-0.2, -0.15) is 5.10 Å². The van der Waals surface area contributed by atoms with Crippen molar-refractivity contribution in [3.8, 4) is 11.6 Å². The van der Waals surface area contributed by atoms with E-state index in [-0.39, 0.29) is 22.4 Å². The molecule has 0 atom stereocenters. The van der Waals surface area contributed by atoms with Gasteiger partial charge in [-0.3, -0.25) is 14.8 Å². The fourth-order valence-corrected chi connectivity index (χ4v) is 3.22. The third-order valence-corrected chi connectivity index (χ3v) is 4.55. The number of aryl methyl sites for hydroxylation is 2. The molecule has 0 aliphatic carbocycles. The number of nitrogens with zero attached hydrogens (tertiary/aromatic N) is 4. The van der Waals surface area contributed by atoms with E-state index in [4.69, 9.17) is 4.42 Å². The van der Waals surface area contributed by atoms with Crippen LogP contribution in [-0.4, -0.2) is 40.6 Å². The smallest absolute Gasteiger partial charge is 0.322 e. The lowest BCUT2D eigenvalue weighted by Crippen LogP contribution is -2.16. The predicted molar refractivity (Wildman–Crippen MR) is 88.7 cm³/mol. The number of nitrogens with one attached hydrogen (secondary N) is 1. The van der Waals surface area contributed by atoms with Crippen LogP contribution in [0.3, 0.4) is 0 Å². The Morgan fingerprint density at radius 1 is 1.24 bits per heavy atom. The van der Waals surface area contributed by atoms with Crippen molar-refractivity contribution in [2.45, 2.75) is 11.8 Å². The molecule has 2 aromatic heterocycles. The molecule has 1 aromatic carbocycles. The van der Waals surface area contributed by atoms with Crippen LogP contribution >= 0.6 is 0 Å². The molecular weight excluding hydrogens is 346 g/mol. The van der Waals surface area contributed by atoms with Gasteiger partial charge >= 0.3 is 6.01 Å². The SMILES string of the molecule is Cc1cc(-c2nnc(NC(=O)c3ccccc3S(C)(=O)=O)o2)n(C)n1. The van der Waals surface area contributed by atoms with Crippen molar-refractivity contribution < 1.29 is 17.6 Å². The van der Waals surface area contributed by atoms with Gasteiger partial charge < -0.3 is 4.42 Å². The van der Waals surface area contributed by atoms with E-state index in [0.717, 1.165) is 11.9 Å². The molecule has 0 unspecified atom stereocenters. The Hall–Kier alpha value is -3.01. The number of rotatable bonds is 4. The number of carbonyl (C=O) groups is 1. The van der Waals surface area contributed by atoms with Gasteiger partial charge in [0, 0.05) is 13.3 Å². The zero-order valence-corrected chi connectivity index (χ0v) is 14.5. The number of benzene rings is 1. The van der Waals surface area contributed by atoms with E-state index >= 15 is 0 Å². The van der Waals surface area contributed by atoms with Gasteiger partial charge in [-0.15, -0.1) is 5.10 Å². The molecule has 3 rings (SSSR count). The molecule has 10 heteroatoms. The third kappa shape index (κ3) is 3.43. The standard InChI is InChI=1S/C15H15N5O4S/c1-9-8-11(20(2)19-9)14-17-18-15(24-14)16-13(21)10-6-4-5-7-12(10)25(3,22)23/h4-8H,1-3H3,(H,16,18,21). The molecule has 2 heterocycles. The maximum Gasteiger partial charge on any atom is 0.322 e. The first-order valence-electron chi connectivity index (χ1n) is 7.20. The summed E-state index contributed by atoms with van der Waals surface area (Å²) < 4.78 is 30.6. The first-order chi connectivity index (χ1) is 11.8. The minimum atomic E-state index is -3.55. The van der Waals surface area contributed by atoms with Gasteiger partial charge in [-0.25, -0.2) is 8.42 Å². The second-order valence-electron chi connectivity index (χ2n) is 5.43. The van der Waals surface area contributed by atoms with Crippen LogP contribution < -0.4 is 5.32 Å². The van der Waals surface area contributed by atoms with Gasteiger partial charge in [0.1, 0.15) is 5.69 Å². The van der Waals surface area contributed by atoms with Crippen LogP contribution in [-0.2, 0) is 16.9 Å². The molecule has 25 heavy (non-hydrogen) atoms. The quantitative estimate of drug-likeness (QED) is 0.746. The minimum Gasteiger partial charge on any atom is -0.401 e. The predicted octanol–water partition coefficient (Wildman–Crippen LogP) is 1.43. The fraction of sp³-hybridized carbons (Fsp3) is 0.200. The third-order valence-electron chi connectivity index (χ3n) is 3.40. The lowest BCUT2D eigenvalue weighted by molar-refractivity contribution is 0.102. The van der Waals surface area contributed by atoms with Crippen LogP contribution in [0, 0.1) is 6.92 Å². The van der Waals surface area contributed by atoms with Crippen molar-refractivity contribution in [3.63, 3.8) is 0 Å². The second kappa shape index (κ2) is 6.13. The van der Waals surface area contributed by atoms with Crippen molar-refractivity contribution in [3.05, 3.63) is 41.6 Å². The largest absolute Gasteiger partial charge is 0.401 e. The number of anilines is 1. The van der Waals surface area contributed by atoms with Gasteiger partial charge in [-0.1, -0.05) is 17.2 Å². The maximum atomic E-state index is 12.4. The van der Waals surface area contributed by atoms with Crippen molar-refractivity contribution in [2.24, 2.45) is 7.05 Å². The summed E-state index contributed by atoms with van der Waals surface area (Å²) in [5.41, 5.74) is 1.38. The van der Waals surface area contributed by atoms with Gasteiger partial charge in [0.2, 0.25) is 0 Å². The maximum absolute atomic E-state index is 12.4. The van der Waals surface area contributed by atoms with Crippen molar-refractivity contribution >= 4 is 21.8 Å². The van der Waals surface area contributed by atoms with Crippen LogP contribution in [0.1, 0.15) is 16.1 Å². The first kappa shape index (κ1) is 16.8. The highest BCUT2D eigenvalue weighted by Gasteiger charge is 2.20. The molecule has 0 radical (unpaired) electrons. The van der Waals surface area contributed by atoms with Crippen LogP contribution in [0.2, 0.25) is 0 Å². The van der Waals surface area contributed by atoms with Crippen LogP contribution in [0.25, 0.3) is 11.6 Å². The number of carbonyl (C=O) groups excluding carboxylic acids is 1. The molecule has 0 fully saturated rings. The summed E-state index contributed by atoms with van der Waals surface area (Å²) in [6, 6.07) is 7.51. The Bertz CT molecular complexity index is 1050. The van der Waals surface area contributed by atoms with Gasteiger partial charge in [0.25, 0.3) is 11.8 Å². The minimum absolute atomic E-state index is 0.00104. The van der Waals surface area contributed by atoms with Crippen LogP contribution in [0.5, 0.6) is 0 Å². The topological polar surface area (TPSA) is 120 Å². The number of aromatic nitrogens is 4. The summed E-state index contributed by atoms with van der Waals surface area (Å²) in [5, 5.41) is 14.2. The zero-order chi connectivity index (χ0) is 18.2. The molecule has 0 saturated carbocycles. The van der Waals surface area contributed by atoms with E-state index in [0.29, 0.717) is 5.69 Å². The Balaban J connectivity index is 1.87. The van der Waals surface area contributed by atoms with E-state index in [1.54, 1.807) is 29.9 Å². The number of hydrogen-bond acceptors (Lipinski definition) is 7. The van der Waals surface area contributed by atoms with E-state index in [9.17, 15) is 13.2 Å². The summed E-state index contributed by atoms with van der Waals surface area (Å²) in [4.78, 5) is 12.3. The molecule has 9 nitrogen and oxygen atoms in total. The highest BCUT2D eigenvalue weighted by atomic mass is 32.2. The van der Waals surface area contributed by atoms with E-state index in [2.05, 4.69) is 20.6 Å². The molecule has 0 saturated heterocycles.